The lowest BCUT2D eigenvalue weighted by atomic mass is 9.95. The highest BCUT2D eigenvalue weighted by Gasteiger charge is 2.22. The van der Waals surface area contributed by atoms with Crippen LogP contribution in [-0.4, -0.2) is 23.7 Å². The van der Waals surface area contributed by atoms with E-state index in [1.165, 1.54) is 10.6 Å². The topological polar surface area (TPSA) is 69.6 Å². The first-order valence-corrected chi connectivity index (χ1v) is 10.9. The Morgan fingerprint density at radius 2 is 1.81 bits per heavy atom. The zero-order valence-corrected chi connectivity index (χ0v) is 18.8. The number of carbonyl (C=O) groups excluding carboxylic acids is 1. The number of halogens is 1. The molecule has 6 nitrogen and oxygen atoms in total. The van der Waals surface area contributed by atoms with Gasteiger partial charge in [0.1, 0.15) is 13.2 Å². The Morgan fingerprint density at radius 1 is 1.06 bits per heavy atom. The van der Waals surface area contributed by atoms with Crippen molar-refractivity contribution in [3.63, 3.8) is 0 Å². The molecule has 1 amide bonds. The highest BCUT2D eigenvalue weighted by Crippen LogP contribution is 2.34. The van der Waals surface area contributed by atoms with Crippen molar-refractivity contribution >= 4 is 17.5 Å². The van der Waals surface area contributed by atoms with E-state index >= 15 is 0 Å². The molecule has 4 rings (SSSR count). The van der Waals surface area contributed by atoms with Crippen LogP contribution in [-0.2, 0) is 6.54 Å². The quantitative estimate of drug-likeness (QED) is 0.600. The van der Waals surface area contributed by atoms with Crippen LogP contribution in [0.3, 0.4) is 0 Å². The van der Waals surface area contributed by atoms with E-state index in [-0.39, 0.29) is 30.0 Å². The molecule has 0 saturated carbocycles. The van der Waals surface area contributed by atoms with Crippen LogP contribution in [0.25, 0.3) is 0 Å². The van der Waals surface area contributed by atoms with Gasteiger partial charge in [-0.15, -0.1) is 0 Å². The lowest BCUT2D eigenvalue weighted by Gasteiger charge is -2.25. The Bertz CT molecular complexity index is 1190. The van der Waals surface area contributed by atoms with Crippen LogP contribution in [0.4, 0.5) is 0 Å². The van der Waals surface area contributed by atoms with Crippen LogP contribution >= 0.6 is 11.6 Å². The lowest BCUT2D eigenvalue weighted by molar-refractivity contribution is 0.0924. The van der Waals surface area contributed by atoms with E-state index in [4.69, 9.17) is 21.1 Å². The molecule has 0 radical (unpaired) electrons. The van der Waals surface area contributed by atoms with Gasteiger partial charge in [-0.1, -0.05) is 49.7 Å². The molecule has 7 heteroatoms. The molecule has 0 aliphatic carbocycles. The molecule has 0 bridgehead atoms. The van der Waals surface area contributed by atoms with Gasteiger partial charge < -0.3 is 19.4 Å². The summed E-state index contributed by atoms with van der Waals surface area (Å²) in [6, 6.07) is 15.8. The minimum atomic E-state index is -0.258. The SMILES string of the molecule is CC(C)C(NC(=O)c1ccc(=O)n(Cc2ccccc2Cl)c1)c1ccc2c(c1)OCCO2. The van der Waals surface area contributed by atoms with Gasteiger partial charge in [0.05, 0.1) is 18.2 Å². The van der Waals surface area contributed by atoms with Crippen molar-refractivity contribution in [2.24, 2.45) is 5.92 Å². The summed E-state index contributed by atoms with van der Waals surface area (Å²) in [7, 11) is 0. The van der Waals surface area contributed by atoms with Gasteiger partial charge in [0, 0.05) is 17.3 Å². The van der Waals surface area contributed by atoms with E-state index in [0.717, 1.165) is 11.1 Å². The van der Waals surface area contributed by atoms with Crippen LogP contribution in [0.5, 0.6) is 11.5 Å². The number of carbonyl (C=O) groups is 1. The van der Waals surface area contributed by atoms with Crippen molar-refractivity contribution in [1.29, 1.82) is 0 Å². The van der Waals surface area contributed by atoms with E-state index in [9.17, 15) is 9.59 Å². The fraction of sp³-hybridized carbons (Fsp3) is 0.280. The second-order valence-electron chi connectivity index (χ2n) is 8.07. The molecule has 3 aromatic rings. The highest BCUT2D eigenvalue weighted by atomic mass is 35.5. The number of hydrogen-bond acceptors (Lipinski definition) is 4. The van der Waals surface area contributed by atoms with Gasteiger partial charge in [0.25, 0.3) is 11.5 Å². The summed E-state index contributed by atoms with van der Waals surface area (Å²) in [6.45, 7) is 5.40. The molecular weight excluding hydrogens is 428 g/mol. The standard InChI is InChI=1S/C25H25ClN2O4/c1-16(2)24(17-7-9-21-22(13-17)32-12-11-31-21)27-25(30)19-8-10-23(29)28(15-19)14-18-5-3-4-6-20(18)26/h3-10,13,15-16,24H,11-12,14H2,1-2H3,(H,27,30). The average Bonchev–Trinajstić information content (AvgIpc) is 2.79. The van der Waals surface area contributed by atoms with Crippen molar-refractivity contribution in [3.05, 3.63) is 92.9 Å². The van der Waals surface area contributed by atoms with Crippen LogP contribution in [0.1, 0.15) is 41.4 Å². The average molecular weight is 453 g/mol. The van der Waals surface area contributed by atoms with Crippen molar-refractivity contribution in [2.45, 2.75) is 26.4 Å². The number of fused-ring (bicyclic) bond motifs is 1. The van der Waals surface area contributed by atoms with Crippen LogP contribution in [0, 0.1) is 5.92 Å². The third-order valence-corrected chi connectivity index (χ3v) is 5.79. The molecule has 2 aromatic carbocycles. The van der Waals surface area contributed by atoms with Crippen LogP contribution in [0.2, 0.25) is 5.02 Å². The second kappa shape index (κ2) is 9.49. The number of rotatable bonds is 6. The van der Waals surface area contributed by atoms with Gasteiger partial charge in [-0.3, -0.25) is 9.59 Å². The monoisotopic (exact) mass is 452 g/mol. The first-order valence-electron chi connectivity index (χ1n) is 10.6. The molecule has 0 saturated heterocycles. The van der Waals surface area contributed by atoms with Gasteiger partial charge >= 0.3 is 0 Å². The van der Waals surface area contributed by atoms with E-state index in [0.29, 0.717) is 35.3 Å². The van der Waals surface area contributed by atoms with Gasteiger partial charge in [-0.25, -0.2) is 0 Å². The van der Waals surface area contributed by atoms with E-state index in [1.807, 2.05) is 50.2 Å². The Hall–Kier alpha value is -3.25. The number of aromatic nitrogens is 1. The maximum Gasteiger partial charge on any atom is 0.253 e. The molecule has 0 fully saturated rings. The number of amides is 1. The minimum absolute atomic E-state index is 0.135. The number of ether oxygens (including phenoxy) is 2. The summed E-state index contributed by atoms with van der Waals surface area (Å²) in [5.74, 6) is 1.27. The zero-order valence-electron chi connectivity index (χ0n) is 18.0. The van der Waals surface area contributed by atoms with Crippen molar-refractivity contribution < 1.29 is 14.3 Å². The van der Waals surface area contributed by atoms with Gasteiger partial charge in [-0.05, 0) is 41.3 Å². The van der Waals surface area contributed by atoms with Crippen molar-refractivity contribution in [1.82, 2.24) is 9.88 Å². The summed E-state index contributed by atoms with van der Waals surface area (Å²) in [6.07, 6.45) is 1.57. The smallest absolute Gasteiger partial charge is 0.253 e. The fourth-order valence-electron chi connectivity index (χ4n) is 3.71. The van der Waals surface area contributed by atoms with Crippen molar-refractivity contribution in [3.8, 4) is 11.5 Å². The molecule has 1 unspecified atom stereocenters. The number of pyridine rings is 1. The maximum absolute atomic E-state index is 13.1. The largest absolute Gasteiger partial charge is 0.486 e. The second-order valence-corrected chi connectivity index (χ2v) is 8.48. The Labute approximate surface area is 191 Å². The maximum atomic E-state index is 13.1. The van der Waals surface area contributed by atoms with E-state index in [2.05, 4.69) is 5.32 Å². The molecule has 1 aliphatic heterocycles. The molecule has 1 atom stereocenters. The molecular formula is C25H25ClN2O4. The number of benzene rings is 2. The Morgan fingerprint density at radius 3 is 2.56 bits per heavy atom. The molecule has 0 spiro atoms. The fourth-order valence-corrected chi connectivity index (χ4v) is 3.91. The molecule has 2 heterocycles. The molecule has 1 aromatic heterocycles. The summed E-state index contributed by atoms with van der Waals surface area (Å²) < 4.78 is 12.8. The van der Waals surface area contributed by atoms with Gasteiger partial charge in [0.2, 0.25) is 0 Å². The first kappa shape index (κ1) is 22.0. The highest BCUT2D eigenvalue weighted by molar-refractivity contribution is 6.31. The molecule has 1 aliphatic rings. The minimum Gasteiger partial charge on any atom is -0.486 e. The Kier molecular flexibility index (Phi) is 6.51. The van der Waals surface area contributed by atoms with E-state index < -0.39 is 0 Å². The van der Waals surface area contributed by atoms with Crippen LogP contribution in [0.15, 0.2) is 65.6 Å². The number of hydrogen-bond donors (Lipinski definition) is 1. The molecule has 32 heavy (non-hydrogen) atoms. The third-order valence-electron chi connectivity index (χ3n) is 5.42. The summed E-state index contributed by atoms with van der Waals surface area (Å²) in [5.41, 5.74) is 1.95. The summed E-state index contributed by atoms with van der Waals surface area (Å²) >= 11 is 6.24. The number of nitrogens with one attached hydrogen (secondary N) is 1. The molecule has 166 valence electrons. The summed E-state index contributed by atoms with van der Waals surface area (Å²) in [5, 5.41) is 3.68. The zero-order chi connectivity index (χ0) is 22.7. The first-order chi connectivity index (χ1) is 15.4. The third kappa shape index (κ3) is 4.81. The Balaban J connectivity index is 1.57. The van der Waals surface area contributed by atoms with Gasteiger partial charge in [-0.2, -0.15) is 0 Å². The summed E-state index contributed by atoms with van der Waals surface area (Å²) in [4.78, 5) is 25.5. The lowest BCUT2D eigenvalue weighted by Crippen LogP contribution is -2.33. The normalized spacial score (nSPS) is 13.6. The predicted octanol–water partition coefficient (Wildman–Crippen LogP) is 4.45. The van der Waals surface area contributed by atoms with Gasteiger partial charge in [0.15, 0.2) is 11.5 Å². The van der Waals surface area contributed by atoms with E-state index in [1.54, 1.807) is 18.3 Å². The number of nitrogens with zero attached hydrogens (tertiary/aromatic N) is 1. The molecule has 1 N–H and O–H groups in total. The predicted molar refractivity (Wildman–Crippen MR) is 124 cm³/mol. The van der Waals surface area contributed by atoms with Crippen LogP contribution < -0.4 is 20.3 Å². The van der Waals surface area contributed by atoms with Crippen molar-refractivity contribution in [2.75, 3.05) is 13.2 Å².